The first kappa shape index (κ1) is 35.0. The van der Waals surface area contributed by atoms with Crippen molar-refractivity contribution in [2.75, 3.05) is 85.9 Å². The summed E-state index contributed by atoms with van der Waals surface area (Å²) in [5.74, 6) is 1.90. The molecule has 1 atom stereocenters. The van der Waals surface area contributed by atoms with Crippen LogP contribution in [0.2, 0.25) is 0 Å². The van der Waals surface area contributed by atoms with Crippen LogP contribution in [0.4, 0.5) is 0 Å². The summed E-state index contributed by atoms with van der Waals surface area (Å²) in [4.78, 5) is 0. The SMILES string of the molecule is Cc1cc(C)c(OCCOCCOCCOCC(C)OCCOCCOCCOc2c(C)cc(C)cc2C)c(C)c1. The summed E-state index contributed by atoms with van der Waals surface area (Å²) in [5, 5.41) is 0. The van der Waals surface area contributed by atoms with Crippen molar-refractivity contribution >= 4 is 0 Å². The molecule has 0 amide bonds. The van der Waals surface area contributed by atoms with Gasteiger partial charge >= 0.3 is 0 Å². The van der Waals surface area contributed by atoms with Crippen molar-refractivity contribution < 1.29 is 37.9 Å². The van der Waals surface area contributed by atoms with E-state index in [0.29, 0.717) is 85.9 Å². The average Bonchev–Trinajstić information content (AvgIpc) is 2.90. The van der Waals surface area contributed by atoms with Crippen molar-refractivity contribution in [1.29, 1.82) is 0 Å². The molecular weight excluding hydrogens is 524 g/mol. The molecule has 8 heteroatoms. The molecule has 0 saturated carbocycles. The summed E-state index contributed by atoms with van der Waals surface area (Å²) in [6.07, 6.45) is -0.00942. The Morgan fingerprint density at radius 3 is 1.15 bits per heavy atom. The third kappa shape index (κ3) is 15.0. The topological polar surface area (TPSA) is 73.8 Å². The highest BCUT2D eigenvalue weighted by Crippen LogP contribution is 2.25. The lowest BCUT2D eigenvalue weighted by atomic mass is 10.1. The van der Waals surface area contributed by atoms with E-state index in [-0.39, 0.29) is 6.10 Å². The van der Waals surface area contributed by atoms with Crippen molar-refractivity contribution in [2.45, 2.75) is 54.6 Å². The average molecular weight is 577 g/mol. The predicted octanol–water partition coefficient (Wildman–Crippen LogP) is 5.48. The van der Waals surface area contributed by atoms with E-state index in [1.807, 2.05) is 6.92 Å². The zero-order chi connectivity index (χ0) is 29.9. The molecule has 0 saturated heterocycles. The minimum atomic E-state index is -0.00942. The number of benzene rings is 2. The molecule has 2 aromatic rings. The summed E-state index contributed by atoms with van der Waals surface area (Å²) in [7, 11) is 0. The maximum atomic E-state index is 5.88. The van der Waals surface area contributed by atoms with Crippen molar-refractivity contribution in [3.63, 3.8) is 0 Å². The van der Waals surface area contributed by atoms with Crippen LogP contribution in [0.15, 0.2) is 24.3 Å². The van der Waals surface area contributed by atoms with Gasteiger partial charge in [0, 0.05) is 0 Å². The van der Waals surface area contributed by atoms with Crippen molar-refractivity contribution in [1.82, 2.24) is 0 Å². The van der Waals surface area contributed by atoms with E-state index >= 15 is 0 Å². The van der Waals surface area contributed by atoms with Gasteiger partial charge in [-0.05, 0) is 70.7 Å². The zero-order valence-corrected chi connectivity index (χ0v) is 26.3. The molecule has 41 heavy (non-hydrogen) atoms. The molecule has 8 nitrogen and oxygen atoms in total. The van der Waals surface area contributed by atoms with Crippen molar-refractivity contribution in [2.24, 2.45) is 0 Å². The van der Waals surface area contributed by atoms with E-state index in [0.717, 1.165) is 33.8 Å². The van der Waals surface area contributed by atoms with Crippen molar-refractivity contribution in [3.05, 3.63) is 57.6 Å². The molecule has 1 unspecified atom stereocenters. The van der Waals surface area contributed by atoms with Crippen LogP contribution in [0.1, 0.15) is 40.3 Å². The van der Waals surface area contributed by atoms with E-state index in [9.17, 15) is 0 Å². The lowest BCUT2D eigenvalue weighted by Crippen LogP contribution is -2.21. The summed E-state index contributed by atoms with van der Waals surface area (Å²) < 4.78 is 45.4. The number of hydrogen-bond acceptors (Lipinski definition) is 8. The van der Waals surface area contributed by atoms with Gasteiger partial charge in [-0.2, -0.15) is 0 Å². The van der Waals surface area contributed by atoms with Crippen molar-refractivity contribution in [3.8, 4) is 11.5 Å². The molecule has 0 heterocycles. The standard InChI is InChI=1S/C33H52O8/c1-25-20-27(3)32(28(4)21-25)40-18-15-36-9-8-34-12-13-38-24-31(7)39-17-14-35-10-11-37-16-19-41-33-29(5)22-26(2)23-30(33)6/h20-23,31H,8-19,24H2,1-7H3. The van der Waals surface area contributed by atoms with Crippen LogP contribution in [0.3, 0.4) is 0 Å². The first-order valence-electron chi connectivity index (χ1n) is 14.7. The van der Waals surface area contributed by atoms with Crippen LogP contribution in [-0.4, -0.2) is 92.0 Å². The second kappa shape index (κ2) is 20.6. The van der Waals surface area contributed by atoms with E-state index in [4.69, 9.17) is 37.9 Å². The quantitative estimate of drug-likeness (QED) is 0.161. The molecule has 232 valence electrons. The largest absolute Gasteiger partial charge is 0.491 e. The van der Waals surface area contributed by atoms with Gasteiger partial charge in [0.05, 0.1) is 78.8 Å². The summed E-state index contributed by atoms with van der Waals surface area (Å²) in [6.45, 7) is 21.2. The molecule has 0 N–H and O–H groups in total. The molecule has 0 radical (unpaired) electrons. The van der Waals surface area contributed by atoms with E-state index in [1.165, 1.54) is 11.1 Å². The van der Waals surface area contributed by atoms with Gasteiger partial charge < -0.3 is 37.9 Å². The first-order chi connectivity index (χ1) is 19.8. The molecule has 0 bridgehead atoms. The maximum Gasteiger partial charge on any atom is 0.125 e. The highest BCUT2D eigenvalue weighted by Gasteiger charge is 2.06. The second-order valence-corrected chi connectivity index (χ2v) is 10.4. The molecule has 0 aliphatic carbocycles. The molecule has 2 rings (SSSR count). The molecule has 0 aliphatic rings. The number of hydrogen-bond donors (Lipinski definition) is 0. The van der Waals surface area contributed by atoms with Crippen LogP contribution in [0.25, 0.3) is 0 Å². The van der Waals surface area contributed by atoms with Gasteiger partial charge in [0.15, 0.2) is 0 Å². The number of aryl methyl sites for hydroxylation is 6. The Hall–Kier alpha value is -2.20. The highest BCUT2D eigenvalue weighted by atomic mass is 16.6. The third-order valence-electron chi connectivity index (χ3n) is 6.26. The number of ether oxygens (including phenoxy) is 8. The summed E-state index contributed by atoms with van der Waals surface area (Å²) in [6, 6.07) is 8.52. The highest BCUT2D eigenvalue weighted by molar-refractivity contribution is 5.43. The Morgan fingerprint density at radius 2 is 0.756 bits per heavy atom. The van der Waals surface area contributed by atoms with E-state index in [2.05, 4.69) is 65.8 Å². The van der Waals surface area contributed by atoms with Crippen LogP contribution >= 0.6 is 0 Å². The Morgan fingerprint density at radius 1 is 0.439 bits per heavy atom. The molecule has 2 aromatic carbocycles. The lowest BCUT2D eigenvalue weighted by Gasteiger charge is -2.14. The van der Waals surface area contributed by atoms with Gasteiger partial charge in [-0.25, -0.2) is 0 Å². The minimum Gasteiger partial charge on any atom is -0.491 e. The Bertz CT molecular complexity index is 947. The lowest BCUT2D eigenvalue weighted by molar-refractivity contribution is -0.0480. The fourth-order valence-corrected chi connectivity index (χ4v) is 4.56. The second-order valence-electron chi connectivity index (χ2n) is 10.4. The fourth-order valence-electron chi connectivity index (χ4n) is 4.56. The molecule has 0 spiro atoms. The van der Waals surface area contributed by atoms with Crippen LogP contribution in [0.5, 0.6) is 11.5 Å². The normalized spacial score (nSPS) is 12.1. The molecule has 0 aliphatic heterocycles. The Labute approximate surface area is 247 Å². The minimum absolute atomic E-state index is 0.00942. The summed E-state index contributed by atoms with van der Waals surface area (Å²) in [5.41, 5.74) is 7.11. The van der Waals surface area contributed by atoms with Crippen LogP contribution in [-0.2, 0) is 28.4 Å². The van der Waals surface area contributed by atoms with Crippen LogP contribution in [0, 0.1) is 41.5 Å². The van der Waals surface area contributed by atoms with Gasteiger partial charge in [-0.15, -0.1) is 0 Å². The van der Waals surface area contributed by atoms with Gasteiger partial charge in [0.25, 0.3) is 0 Å². The fraction of sp³-hybridized carbons (Fsp3) is 0.636. The monoisotopic (exact) mass is 576 g/mol. The summed E-state index contributed by atoms with van der Waals surface area (Å²) >= 11 is 0. The predicted molar refractivity (Wildman–Crippen MR) is 162 cm³/mol. The third-order valence-corrected chi connectivity index (χ3v) is 6.26. The van der Waals surface area contributed by atoms with Crippen LogP contribution < -0.4 is 9.47 Å². The number of rotatable bonds is 23. The zero-order valence-electron chi connectivity index (χ0n) is 26.3. The smallest absolute Gasteiger partial charge is 0.125 e. The molecular formula is C33H52O8. The van der Waals surface area contributed by atoms with Gasteiger partial charge in [0.1, 0.15) is 24.7 Å². The Kier molecular flexibility index (Phi) is 17.6. The molecule has 0 fully saturated rings. The van der Waals surface area contributed by atoms with E-state index < -0.39 is 0 Å². The molecule has 0 aromatic heterocycles. The van der Waals surface area contributed by atoms with E-state index in [1.54, 1.807) is 0 Å². The maximum absolute atomic E-state index is 5.88. The van der Waals surface area contributed by atoms with Gasteiger partial charge in [0.2, 0.25) is 0 Å². The first-order valence-corrected chi connectivity index (χ1v) is 14.7. The van der Waals surface area contributed by atoms with Gasteiger partial charge in [-0.1, -0.05) is 35.4 Å². The van der Waals surface area contributed by atoms with Gasteiger partial charge in [-0.3, -0.25) is 0 Å². The Balaban J connectivity index is 1.31.